The zero-order valence-electron chi connectivity index (χ0n) is 11.3. The highest BCUT2D eigenvalue weighted by molar-refractivity contribution is 5.48. The minimum absolute atomic E-state index is 0.0205. The molecule has 0 fully saturated rings. The second-order valence-corrected chi connectivity index (χ2v) is 4.37. The molecule has 0 spiro atoms. The summed E-state index contributed by atoms with van der Waals surface area (Å²) < 4.78 is 10.7. The molecule has 2 rings (SSSR count). The fraction of sp³-hybridized carbons (Fsp3) is 0.200. The van der Waals surface area contributed by atoms with Crippen LogP contribution in [-0.4, -0.2) is 12.0 Å². The van der Waals surface area contributed by atoms with Crippen LogP contribution in [0.4, 0.5) is 5.69 Å². The summed E-state index contributed by atoms with van der Waals surface area (Å²) in [6, 6.07) is 12.3. The molecule has 2 aromatic rings. The van der Waals surface area contributed by atoms with Crippen molar-refractivity contribution < 1.29 is 14.4 Å². The Kier molecular flexibility index (Phi) is 4.20. The summed E-state index contributed by atoms with van der Waals surface area (Å²) in [5.41, 5.74) is 1.69. The van der Waals surface area contributed by atoms with E-state index in [1.165, 1.54) is 6.07 Å². The fourth-order valence-electron chi connectivity index (χ4n) is 1.82. The number of nitro groups is 1. The number of rotatable bonds is 5. The highest BCUT2D eigenvalue weighted by Crippen LogP contribution is 2.28. The number of nitrogens with zero attached hydrogens (tertiary/aromatic N) is 1. The summed E-state index contributed by atoms with van der Waals surface area (Å²) in [5, 5.41) is 11.0. The molecule has 0 aliphatic carbocycles. The van der Waals surface area contributed by atoms with Crippen LogP contribution in [0.15, 0.2) is 42.5 Å². The van der Waals surface area contributed by atoms with Gasteiger partial charge in [0, 0.05) is 6.07 Å². The van der Waals surface area contributed by atoms with Gasteiger partial charge in [0.05, 0.1) is 12.0 Å². The molecule has 0 bridgehead atoms. The highest BCUT2D eigenvalue weighted by Gasteiger charge is 2.15. The first-order chi connectivity index (χ1) is 9.60. The monoisotopic (exact) mass is 273 g/mol. The van der Waals surface area contributed by atoms with E-state index in [2.05, 4.69) is 0 Å². The first-order valence-corrected chi connectivity index (χ1v) is 6.11. The van der Waals surface area contributed by atoms with Gasteiger partial charge in [-0.2, -0.15) is 0 Å². The van der Waals surface area contributed by atoms with Crippen molar-refractivity contribution in [3.05, 3.63) is 63.7 Å². The van der Waals surface area contributed by atoms with Gasteiger partial charge in [-0.25, -0.2) is 0 Å². The van der Waals surface area contributed by atoms with Crippen LogP contribution in [0.2, 0.25) is 0 Å². The van der Waals surface area contributed by atoms with Crippen LogP contribution in [0.5, 0.6) is 11.5 Å². The van der Waals surface area contributed by atoms with Crippen molar-refractivity contribution in [1.82, 2.24) is 0 Å². The predicted molar refractivity (Wildman–Crippen MR) is 75.2 cm³/mol. The lowest BCUT2D eigenvalue weighted by molar-refractivity contribution is -0.386. The van der Waals surface area contributed by atoms with Gasteiger partial charge in [0.1, 0.15) is 12.4 Å². The average Bonchev–Trinajstić information content (AvgIpc) is 2.46. The van der Waals surface area contributed by atoms with Gasteiger partial charge in [0.15, 0.2) is 5.75 Å². The van der Waals surface area contributed by atoms with E-state index in [-0.39, 0.29) is 18.0 Å². The quantitative estimate of drug-likeness (QED) is 0.618. The number of methoxy groups -OCH3 is 1. The van der Waals surface area contributed by atoms with Crippen LogP contribution in [0, 0.1) is 17.0 Å². The van der Waals surface area contributed by atoms with E-state index in [1.807, 2.05) is 24.3 Å². The first kappa shape index (κ1) is 13.9. The zero-order chi connectivity index (χ0) is 14.5. The Bertz CT molecular complexity index is 625. The van der Waals surface area contributed by atoms with E-state index in [0.717, 1.165) is 16.9 Å². The lowest BCUT2D eigenvalue weighted by Gasteiger charge is -2.08. The second kappa shape index (κ2) is 6.06. The largest absolute Gasteiger partial charge is 0.497 e. The van der Waals surface area contributed by atoms with E-state index in [4.69, 9.17) is 9.47 Å². The molecule has 0 saturated carbocycles. The van der Waals surface area contributed by atoms with E-state index >= 15 is 0 Å². The molecule has 20 heavy (non-hydrogen) atoms. The highest BCUT2D eigenvalue weighted by atomic mass is 16.6. The summed E-state index contributed by atoms with van der Waals surface area (Å²) in [6.07, 6.45) is 0. The molecule has 0 radical (unpaired) electrons. The average molecular weight is 273 g/mol. The molecule has 0 saturated heterocycles. The van der Waals surface area contributed by atoms with E-state index < -0.39 is 4.92 Å². The number of ether oxygens (including phenoxy) is 2. The Morgan fingerprint density at radius 1 is 1.20 bits per heavy atom. The van der Waals surface area contributed by atoms with Crippen LogP contribution >= 0.6 is 0 Å². The topological polar surface area (TPSA) is 61.6 Å². The van der Waals surface area contributed by atoms with Gasteiger partial charge in [-0.05, 0) is 36.2 Å². The minimum atomic E-state index is -0.437. The standard InChI is InChI=1S/C15H15NO4/c1-11-6-7-15(14(8-11)16(17)18)20-10-12-4-3-5-13(9-12)19-2/h3-9H,10H2,1-2H3. The Labute approximate surface area is 116 Å². The molecule has 0 aliphatic rings. The summed E-state index contributed by atoms with van der Waals surface area (Å²) in [7, 11) is 1.59. The molecule has 0 unspecified atom stereocenters. The Morgan fingerprint density at radius 3 is 2.70 bits per heavy atom. The van der Waals surface area contributed by atoms with Crippen molar-refractivity contribution in [2.45, 2.75) is 13.5 Å². The van der Waals surface area contributed by atoms with Gasteiger partial charge < -0.3 is 9.47 Å². The number of benzene rings is 2. The van der Waals surface area contributed by atoms with Gasteiger partial charge in [0.2, 0.25) is 0 Å². The van der Waals surface area contributed by atoms with Gasteiger partial charge >= 0.3 is 5.69 Å². The van der Waals surface area contributed by atoms with E-state index in [9.17, 15) is 10.1 Å². The molecular formula is C15H15NO4. The van der Waals surface area contributed by atoms with Crippen molar-refractivity contribution >= 4 is 5.69 Å². The number of hydrogen-bond acceptors (Lipinski definition) is 4. The van der Waals surface area contributed by atoms with Gasteiger partial charge in [-0.15, -0.1) is 0 Å². The Balaban J connectivity index is 2.16. The van der Waals surface area contributed by atoms with Crippen LogP contribution in [0.25, 0.3) is 0 Å². The molecule has 2 aromatic carbocycles. The summed E-state index contributed by atoms with van der Waals surface area (Å²) in [6.45, 7) is 2.06. The van der Waals surface area contributed by atoms with Crippen molar-refractivity contribution in [3.8, 4) is 11.5 Å². The number of aryl methyl sites for hydroxylation is 1. The SMILES string of the molecule is COc1cccc(COc2ccc(C)cc2[N+](=O)[O-])c1. The fourth-order valence-corrected chi connectivity index (χ4v) is 1.82. The molecule has 0 amide bonds. The lowest BCUT2D eigenvalue weighted by Crippen LogP contribution is -1.99. The normalized spacial score (nSPS) is 10.1. The Hall–Kier alpha value is -2.56. The van der Waals surface area contributed by atoms with E-state index in [1.54, 1.807) is 26.2 Å². The molecule has 0 aromatic heterocycles. The molecule has 0 atom stereocenters. The maximum atomic E-state index is 11.0. The molecule has 5 heteroatoms. The molecule has 0 heterocycles. The van der Waals surface area contributed by atoms with Crippen molar-refractivity contribution in [2.24, 2.45) is 0 Å². The van der Waals surface area contributed by atoms with Crippen LogP contribution < -0.4 is 9.47 Å². The maximum absolute atomic E-state index is 11.0. The van der Waals surface area contributed by atoms with Gasteiger partial charge in [0.25, 0.3) is 0 Å². The summed E-state index contributed by atoms with van der Waals surface area (Å²) >= 11 is 0. The van der Waals surface area contributed by atoms with Gasteiger partial charge in [-0.1, -0.05) is 18.2 Å². The Morgan fingerprint density at radius 2 is 2.00 bits per heavy atom. The van der Waals surface area contributed by atoms with E-state index in [0.29, 0.717) is 0 Å². The van der Waals surface area contributed by atoms with Crippen LogP contribution in [0.3, 0.4) is 0 Å². The smallest absolute Gasteiger partial charge is 0.311 e. The third-order valence-corrected chi connectivity index (χ3v) is 2.84. The zero-order valence-corrected chi connectivity index (χ0v) is 11.3. The molecule has 0 N–H and O–H groups in total. The first-order valence-electron chi connectivity index (χ1n) is 6.11. The second-order valence-electron chi connectivity index (χ2n) is 4.37. The maximum Gasteiger partial charge on any atom is 0.311 e. The minimum Gasteiger partial charge on any atom is -0.497 e. The van der Waals surface area contributed by atoms with Crippen molar-refractivity contribution in [3.63, 3.8) is 0 Å². The summed E-state index contributed by atoms with van der Waals surface area (Å²) in [5.74, 6) is 0.993. The molecule has 0 aliphatic heterocycles. The predicted octanol–water partition coefficient (Wildman–Crippen LogP) is 3.49. The van der Waals surface area contributed by atoms with Gasteiger partial charge in [-0.3, -0.25) is 10.1 Å². The number of nitro benzene ring substituents is 1. The summed E-state index contributed by atoms with van der Waals surface area (Å²) in [4.78, 5) is 10.6. The third-order valence-electron chi connectivity index (χ3n) is 2.84. The molecule has 104 valence electrons. The van der Waals surface area contributed by atoms with Crippen molar-refractivity contribution in [2.75, 3.05) is 7.11 Å². The van der Waals surface area contributed by atoms with Crippen LogP contribution in [0.1, 0.15) is 11.1 Å². The molecule has 5 nitrogen and oxygen atoms in total. The molecular weight excluding hydrogens is 258 g/mol. The number of hydrogen-bond donors (Lipinski definition) is 0. The van der Waals surface area contributed by atoms with Crippen molar-refractivity contribution in [1.29, 1.82) is 0 Å². The third kappa shape index (κ3) is 3.26. The lowest BCUT2D eigenvalue weighted by atomic mass is 10.2. The van der Waals surface area contributed by atoms with Crippen LogP contribution in [-0.2, 0) is 6.61 Å².